The largest absolute Gasteiger partial charge is 0.481 e. The highest BCUT2D eigenvalue weighted by atomic mass is 16.4. The van der Waals surface area contributed by atoms with Gasteiger partial charge >= 0.3 is 11.9 Å². The summed E-state index contributed by atoms with van der Waals surface area (Å²) in [6.45, 7) is 0.800. The highest BCUT2D eigenvalue weighted by Crippen LogP contribution is 2.51. The van der Waals surface area contributed by atoms with Crippen LogP contribution in [0.1, 0.15) is 19.3 Å². The van der Waals surface area contributed by atoms with E-state index in [1.54, 1.807) is 0 Å². The van der Waals surface area contributed by atoms with E-state index in [9.17, 15) is 9.59 Å². The van der Waals surface area contributed by atoms with Crippen molar-refractivity contribution in [3.63, 3.8) is 0 Å². The van der Waals surface area contributed by atoms with Crippen molar-refractivity contribution in [2.24, 2.45) is 10.8 Å². The summed E-state index contributed by atoms with van der Waals surface area (Å²) in [7, 11) is 0. The molecule has 78 valence electrons. The number of hydrogen-bond donors (Lipinski definition) is 3. The molecule has 0 amide bonds. The fraction of sp³-hybridized carbons (Fsp3) is 0.778. The van der Waals surface area contributed by atoms with Crippen molar-refractivity contribution >= 4 is 11.9 Å². The van der Waals surface area contributed by atoms with Gasteiger partial charge in [-0.15, -0.1) is 0 Å². The molecule has 1 aliphatic heterocycles. The molecule has 2 unspecified atom stereocenters. The molecular formula is C9H13NO4. The summed E-state index contributed by atoms with van der Waals surface area (Å²) >= 11 is 0. The van der Waals surface area contributed by atoms with E-state index in [0.717, 1.165) is 0 Å². The molecular weight excluding hydrogens is 186 g/mol. The van der Waals surface area contributed by atoms with Crippen LogP contribution in [0.15, 0.2) is 0 Å². The van der Waals surface area contributed by atoms with E-state index in [1.165, 1.54) is 0 Å². The van der Waals surface area contributed by atoms with Crippen LogP contribution < -0.4 is 5.32 Å². The monoisotopic (exact) mass is 199 g/mol. The van der Waals surface area contributed by atoms with Gasteiger partial charge in [0, 0.05) is 13.1 Å². The molecule has 14 heavy (non-hydrogen) atoms. The lowest BCUT2D eigenvalue weighted by Crippen LogP contribution is -2.51. The molecule has 0 aromatic heterocycles. The van der Waals surface area contributed by atoms with E-state index in [0.29, 0.717) is 25.9 Å². The van der Waals surface area contributed by atoms with Crippen molar-refractivity contribution in [2.45, 2.75) is 19.3 Å². The average molecular weight is 199 g/mol. The van der Waals surface area contributed by atoms with Crippen molar-refractivity contribution in [3.05, 3.63) is 0 Å². The number of rotatable bonds is 2. The standard InChI is InChI=1S/C9H13NO4/c11-6(12)8-1-2-9(3-8,7(13)14)5-10-4-8/h10H,1-5H2,(H,11,12)(H,13,14). The fourth-order valence-electron chi connectivity index (χ4n) is 2.66. The number of carbonyl (C=O) groups is 2. The zero-order chi connectivity index (χ0) is 10.4. The summed E-state index contributed by atoms with van der Waals surface area (Å²) < 4.78 is 0. The van der Waals surface area contributed by atoms with Crippen molar-refractivity contribution in [1.29, 1.82) is 0 Å². The van der Waals surface area contributed by atoms with Gasteiger partial charge in [-0.3, -0.25) is 9.59 Å². The molecule has 2 atom stereocenters. The number of aliphatic carboxylic acids is 2. The van der Waals surface area contributed by atoms with Crippen LogP contribution in [0.3, 0.4) is 0 Å². The van der Waals surface area contributed by atoms with Gasteiger partial charge in [-0.25, -0.2) is 0 Å². The molecule has 1 saturated carbocycles. The van der Waals surface area contributed by atoms with Crippen molar-refractivity contribution in [2.75, 3.05) is 13.1 Å². The van der Waals surface area contributed by atoms with E-state index in [2.05, 4.69) is 5.32 Å². The Hall–Kier alpha value is -1.10. The molecule has 2 aliphatic rings. The van der Waals surface area contributed by atoms with Gasteiger partial charge in [0.1, 0.15) is 0 Å². The Bertz CT molecular complexity index is 275. The van der Waals surface area contributed by atoms with Crippen LogP contribution in [0.25, 0.3) is 0 Å². The lowest BCUT2D eigenvalue weighted by Gasteiger charge is -2.34. The van der Waals surface area contributed by atoms with E-state index < -0.39 is 22.8 Å². The maximum atomic E-state index is 11.1. The van der Waals surface area contributed by atoms with Crippen LogP contribution in [-0.2, 0) is 9.59 Å². The Kier molecular flexibility index (Phi) is 1.82. The average Bonchev–Trinajstić information content (AvgIpc) is 2.41. The number of fused-ring (bicyclic) bond motifs is 2. The first kappa shape index (κ1) is 9.45. The first-order valence-electron chi connectivity index (χ1n) is 4.68. The fourth-order valence-corrected chi connectivity index (χ4v) is 2.66. The summed E-state index contributed by atoms with van der Waals surface area (Å²) in [5.74, 6) is -1.74. The van der Waals surface area contributed by atoms with Crippen LogP contribution in [-0.4, -0.2) is 35.2 Å². The minimum absolute atomic E-state index is 0.275. The van der Waals surface area contributed by atoms with Gasteiger partial charge in [0.05, 0.1) is 10.8 Å². The zero-order valence-electron chi connectivity index (χ0n) is 7.75. The van der Waals surface area contributed by atoms with Crippen molar-refractivity contribution in [1.82, 2.24) is 5.32 Å². The van der Waals surface area contributed by atoms with Crippen molar-refractivity contribution in [3.8, 4) is 0 Å². The molecule has 0 spiro atoms. The molecule has 3 N–H and O–H groups in total. The first-order chi connectivity index (χ1) is 6.51. The zero-order valence-corrected chi connectivity index (χ0v) is 7.75. The first-order valence-corrected chi connectivity index (χ1v) is 4.68. The Balaban J connectivity index is 2.30. The maximum absolute atomic E-state index is 11.1. The second kappa shape index (κ2) is 2.70. The lowest BCUT2D eigenvalue weighted by atomic mass is 9.76. The minimum atomic E-state index is -0.868. The van der Waals surface area contributed by atoms with Gasteiger partial charge in [-0.2, -0.15) is 0 Å². The van der Waals surface area contributed by atoms with Crippen molar-refractivity contribution < 1.29 is 19.8 Å². The number of carboxylic acids is 2. The number of piperidine rings is 1. The van der Waals surface area contributed by atoms with Gasteiger partial charge in [-0.1, -0.05) is 0 Å². The molecule has 0 aromatic rings. The molecule has 1 saturated heterocycles. The molecule has 0 aromatic carbocycles. The smallest absolute Gasteiger partial charge is 0.310 e. The van der Waals surface area contributed by atoms with Gasteiger partial charge in [0.15, 0.2) is 0 Å². The molecule has 5 nitrogen and oxygen atoms in total. The Morgan fingerprint density at radius 3 is 1.79 bits per heavy atom. The molecule has 0 radical (unpaired) electrons. The molecule has 1 heterocycles. The summed E-state index contributed by atoms with van der Waals surface area (Å²) in [4.78, 5) is 22.1. The Labute approximate surface area is 81.1 Å². The minimum Gasteiger partial charge on any atom is -0.481 e. The van der Waals surface area contributed by atoms with Crippen LogP contribution in [0, 0.1) is 10.8 Å². The van der Waals surface area contributed by atoms with Crippen LogP contribution >= 0.6 is 0 Å². The third kappa shape index (κ3) is 1.05. The summed E-state index contributed by atoms with van der Waals surface area (Å²) in [5, 5.41) is 21.1. The topological polar surface area (TPSA) is 86.6 Å². The highest BCUT2D eigenvalue weighted by Gasteiger charge is 2.58. The summed E-state index contributed by atoms with van der Waals surface area (Å²) in [6, 6.07) is 0. The third-order valence-corrected chi connectivity index (χ3v) is 3.59. The molecule has 1 aliphatic carbocycles. The molecule has 2 bridgehead atoms. The number of carboxylic acid groups (broad SMARTS) is 2. The molecule has 2 rings (SSSR count). The Morgan fingerprint density at radius 2 is 1.43 bits per heavy atom. The van der Waals surface area contributed by atoms with Crippen LogP contribution in [0.4, 0.5) is 0 Å². The second-order valence-corrected chi connectivity index (χ2v) is 4.45. The van der Waals surface area contributed by atoms with Crippen LogP contribution in [0.5, 0.6) is 0 Å². The van der Waals surface area contributed by atoms with E-state index in [4.69, 9.17) is 10.2 Å². The third-order valence-electron chi connectivity index (χ3n) is 3.59. The van der Waals surface area contributed by atoms with Crippen LogP contribution in [0.2, 0.25) is 0 Å². The van der Waals surface area contributed by atoms with Gasteiger partial charge in [-0.05, 0) is 19.3 Å². The van der Waals surface area contributed by atoms with Gasteiger partial charge in [0.25, 0.3) is 0 Å². The second-order valence-electron chi connectivity index (χ2n) is 4.45. The molecule has 5 heteroatoms. The predicted molar refractivity (Wildman–Crippen MR) is 46.9 cm³/mol. The van der Waals surface area contributed by atoms with E-state index >= 15 is 0 Å². The molecule has 2 fully saturated rings. The summed E-state index contributed by atoms with van der Waals surface area (Å²) in [6.07, 6.45) is 1.22. The normalized spacial score (nSPS) is 40.9. The Morgan fingerprint density at radius 1 is 1.00 bits per heavy atom. The maximum Gasteiger partial charge on any atom is 0.310 e. The number of nitrogens with one attached hydrogen (secondary N) is 1. The van der Waals surface area contributed by atoms with E-state index in [1.807, 2.05) is 0 Å². The van der Waals surface area contributed by atoms with Gasteiger partial charge in [0.2, 0.25) is 0 Å². The quantitative estimate of drug-likeness (QED) is 0.579. The SMILES string of the molecule is O=C(O)C12CCC(C(=O)O)(CNC1)C2. The summed E-state index contributed by atoms with van der Waals surface area (Å²) in [5.41, 5.74) is -1.67. The van der Waals surface area contributed by atoms with E-state index in [-0.39, 0.29) is 6.42 Å². The van der Waals surface area contributed by atoms with Gasteiger partial charge < -0.3 is 15.5 Å². The predicted octanol–water partition coefficient (Wildman–Crippen LogP) is -0.0845. The highest BCUT2D eigenvalue weighted by molar-refractivity contribution is 5.82. The lowest BCUT2D eigenvalue weighted by molar-refractivity contribution is -0.154. The number of hydrogen-bond acceptors (Lipinski definition) is 3.